The number of hydrazine groups is 1. The van der Waals surface area contributed by atoms with Crippen LogP contribution in [-0.4, -0.2) is 36.6 Å². The predicted octanol–water partition coefficient (Wildman–Crippen LogP) is 2.68. The molecule has 2 heterocycles. The third-order valence-electron chi connectivity index (χ3n) is 5.56. The van der Waals surface area contributed by atoms with Gasteiger partial charge in [0.2, 0.25) is 0 Å². The molecule has 3 unspecified atom stereocenters. The minimum absolute atomic E-state index is 0. The Labute approximate surface area is 153 Å². The molecule has 0 bridgehead atoms. The summed E-state index contributed by atoms with van der Waals surface area (Å²) < 4.78 is 0. The number of halogens is 1. The van der Waals surface area contributed by atoms with E-state index in [1.165, 1.54) is 36.9 Å². The van der Waals surface area contributed by atoms with Crippen molar-refractivity contribution in [3.63, 3.8) is 0 Å². The largest absolute Gasteiger partial charge is 0.312 e. The van der Waals surface area contributed by atoms with Crippen LogP contribution in [0.15, 0.2) is 24.3 Å². The molecule has 0 spiro atoms. The summed E-state index contributed by atoms with van der Waals surface area (Å²) in [4.78, 5) is 2.65. The molecule has 136 valence electrons. The van der Waals surface area contributed by atoms with Gasteiger partial charge < -0.3 is 5.32 Å². The quantitative estimate of drug-likeness (QED) is 0.736. The standard InChI is InChI=1S/C19H32N4.ClH/c1-15-7-5-6-10-23(15)14-18-9-4-3-8-17(18)11-20-12-19-13-21-22-16(19)2;/h3-4,8-9,15-16,19-22H,5-7,10-14H2,1-2H3;1H. The fraction of sp³-hybridized carbons (Fsp3) is 0.684. The molecular formula is C19H33ClN4. The number of rotatable bonds is 6. The van der Waals surface area contributed by atoms with Crippen LogP contribution in [-0.2, 0) is 13.1 Å². The molecule has 2 fully saturated rings. The second kappa shape index (κ2) is 9.73. The van der Waals surface area contributed by atoms with Crippen molar-refractivity contribution < 1.29 is 0 Å². The highest BCUT2D eigenvalue weighted by molar-refractivity contribution is 5.85. The summed E-state index contributed by atoms with van der Waals surface area (Å²) in [7, 11) is 0. The highest BCUT2D eigenvalue weighted by Crippen LogP contribution is 2.20. The Bertz CT molecular complexity index is 496. The maximum absolute atomic E-state index is 3.66. The topological polar surface area (TPSA) is 39.3 Å². The van der Waals surface area contributed by atoms with Crippen LogP contribution in [0.1, 0.15) is 44.2 Å². The van der Waals surface area contributed by atoms with E-state index in [9.17, 15) is 0 Å². The summed E-state index contributed by atoms with van der Waals surface area (Å²) in [5.41, 5.74) is 9.48. The van der Waals surface area contributed by atoms with Crippen molar-refractivity contribution in [1.82, 2.24) is 21.1 Å². The second-order valence-electron chi connectivity index (χ2n) is 7.29. The SMILES string of the molecule is CC1NNCC1CNCc1ccccc1CN1CCCCC1C.Cl. The first kappa shape index (κ1) is 19.7. The number of nitrogens with zero attached hydrogens (tertiary/aromatic N) is 1. The van der Waals surface area contributed by atoms with Crippen LogP contribution in [0.2, 0.25) is 0 Å². The van der Waals surface area contributed by atoms with Gasteiger partial charge >= 0.3 is 0 Å². The average molecular weight is 353 g/mol. The van der Waals surface area contributed by atoms with E-state index in [1.807, 2.05) is 0 Å². The first-order valence-corrected chi connectivity index (χ1v) is 9.24. The first-order chi connectivity index (χ1) is 11.2. The number of hydrogen-bond donors (Lipinski definition) is 3. The maximum Gasteiger partial charge on any atom is 0.0239 e. The van der Waals surface area contributed by atoms with Crippen molar-refractivity contribution in [2.45, 2.75) is 58.3 Å². The van der Waals surface area contributed by atoms with Gasteiger partial charge in [0.15, 0.2) is 0 Å². The first-order valence-electron chi connectivity index (χ1n) is 9.24. The van der Waals surface area contributed by atoms with Crippen LogP contribution in [0.3, 0.4) is 0 Å². The number of piperidine rings is 1. The molecule has 1 aromatic rings. The van der Waals surface area contributed by atoms with E-state index in [0.717, 1.165) is 32.2 Å². The molecule has 5 heteroatoms. The molecule has 2 aliphatic heterocycles. The Kier molecular flexibility index (Phi) is 7.98. The van der Waals surface area contributed by atoms with E-state index in [0.29, 0.717) is 12.0 Å². The summed E-state index contributed by atoms with van der Waals surface area (Å²) >= 11 is 0. The van der Waals surface area contributed by atoms with Gasteiger partial charge in [-0.05, 0) is 44.4 Å². The summed E-state index contributed by atoms with van der Waals surface area (Å²) in [6.07, 6.45) is 4.09. The molecule has 0 radical (unpaired) electrons. The van der Waals surface area contributed by atoms with Crippen molar-refractivity contribution in [3.8, 4) is 0 Å². The monoisotopic (exact) mass is 352 g/mol. The van der Waals surface area contributed by atoms with Gasteiger partial charge in [0.1, 0.15) is 0 Å². The van der Waals surface area contributed by atoms with Gasteiger partial charge in [-0.2, -0.15) is 0 Å². The highest BCUT2D eigenvalue weighted by Gasteiger charge is 2.22. The lowest BCUT2D eigenvalue weighted by Crippen LogP contribution is -2.37. The summed E-state index contributed by atoms with van der Waals surface area (Å²) in [5.74, 6) is 0.671. The molecule has 3 N–H and O–H groups in total. The zero-order valence-electron chi connectivity index (χ0n) is 15.1. The Morgan fingerprint density at radius 3 is 2.67 bits per heavy atom. The van der Waals surface area contributed by atoms with E-state index in [-0.39, 0.29) is 12.4 Å². The van der Waals surface area contributed by atoms with E-state index >= 15 is 0 Å². The molecule has 0 aromatic heterocycles. The molecule has 3 rings (SSSR count). The van der Waals surface area contributed by atoms with Crippen molar-refractivity contribution in [3.05, 3.63) is 35.4 Å². The van der Waals surface area contributed by atoms with E-state index in [4.69, 9.17) is 0 Å². The molecular weight excluding hydrogens is 320 g/mol. The molecule has 2 saturated heterocycles. The van der Waals surface area contributed by atoms with Gasteiger partial charge in [-0.1, -0.05) is 30.7 Å². The van der Waals surface area contributed by atoms with Crippen LogP contribution < -0.4 is 16.2 Å². The van der Waals surface area contributed by atoms with Crippen molar-refractivity contribution >= 4 is 12.4 Å². The van der Waals surface area contributed by atoms with E-state index < -0.39 is 0 Å². The lowest BCUT2D eigenvalue weighted by molar-refractivity contribution is 0.152. The highest BCUT2D eigenvalue weighted by atomic mass is 35.5. The minimum atomic E-state index is 0. The van der Waals surface area contributed by atoms with Crippen molar-refractivity contribution in [1.29, 1.82) is 0 Å². The Morgan fingerprint density at radius 1 is 1.17 bits per heavy atom. The van der Waals surface area contributed by atoms with Crippen LogP contribution >= 0.6 is 12.4 Å². The van der Waals surface area contributed by atoms with Crippen molar-refractivity contribution in [2.24, 2.45) is 5.92 Å². The van der Waals surface area contributed by atoms with E-state index in [1.54, 1.807) is 0 Å². The van der Waals surface area contributed by atoms with Gasteiger partial charge in [-0.15, -0.1) is 12.4 Å². The predicted molar refractivity (Wildman–Crippen MR) is 103 cm³/mol. The van der Waals surface area contributed by atoms with Gasteiger partial charge in [0, 0.05) is 44.2 Å². The number of hydrogen-bond acceptors (Lipinski definition) is 4. The summed E-state index contributed by atoms with van der Waals surface area (Å²) in [6.45, 7) is 10.1. The van der Waals surface area contributed by atoms with Crippen LogP contribution in [0.5, 0.6) is 0 Å². The fourth-order valence-electron chi connectivity index (χ4n) is 3.78. The summed E-state index contributed by atoms with van der Waals surface area (Å²) in [5, 5.41) is 3.66. The molecule has 1 aromatic carbocycles. The number of benzene rings is 1. The van der Waals surface area contributed by atoms with Gasteiger partial charge in [0.25, 0.3) is 0 Å². The average Bonchev–Trinajstić information content (AvgIpc) is 2.96. The molecule has 0 saturated carbocycles. The number of nitrogens with one attached hydrogen (secondary N) is 3. The number of likely N-dealkylation sites (tertiary alicyclic amines) is 1. The fourth-order valence-corrected chi connectivity index (χ4v) is 3.78. The maximum atomic E-state index is 3.66. The van der Waals surface area contributed by atoms with Gasteiger partial charge in [-0.25, -0.2) is 0 Å². The summed E-state index contributed by atoms with van der Waals surface area (Å²) in [6, 6.07) is 10.2. The van der Waals surface area contributed by atoms with Gasteiger partial charge in [0.05, 0.1) is 0 Å². The molecule has 0 aliphatic carbocycles. The molecule has 2 aliphatic rings. The zero-order valence-corrected chi connectivity index (χ0v) is 15.9. The lowest BCUT2D eigenvalue weighted by atomic mass is 10.0. The van der Waals surface area contributed by atoms with Gasteiger partial charge in [-0.3, -0.25) is 15.8 Å². The Hall–Kier alpha value is -0.650. The molecule has 3 atom stereocenters. The smallest absolute Gasteiger partial charge is 0.0239 e. The minimum Gasteiger partial charge on any atom is -0.312 e. The molecule has 4 nitrogen and oxygen atoms in total. The normalized spacial score (nSPS) is 27.8. The third-order valence-corrected chi connectivity index (χ3v) is 5.56. The molecule has 24 heavy (non-hydrogen) atoms. The lowest BCUT2D eigenvalue weighted by Gasteiger charge is -2.33. The van der Waals surface area contributed by atoms with Crippen molar-refractivity contribution in [2.75, 3.05) is 19.6 Å². The van der Waals surface area contributed by atoms with Crippen LogP contribution in [0.4, 0.5) is 0 Å². The zero-order chi connectivity index (χ0) is 16.1. The Balaban J connectivity index is 0.00000208. The molecule has 0 amide bonds. The van der Waals surface area contributed by atoms with Crippen LogP contribution in [0, 0.1) is 5.92 Å². The van der Waals surface area contributed by atoms with Crippen LogP contribution in [0.25, 0.3) is 0 Å². The Morgan fingerprint density at radius 2 is 1.96 bits per heavy atom. The third kappa shape index (κ3) is 5.17. The van der Waals surface area contributed by atoms with E-state index in [2.05, 4.69) is 59.2 Å². The second-order valence-corrected chi connectivity index (χ2v) is 7.29.